The van der Waals surface area contributed by atoms with E-state index < -0.39 is 34.3 Å². The third-order valence-corrected chi connectivity index (χ3v) is 10.2. The highest BCUT2D eigenvalue weighted by atomic mass is 32.2. The molecule has 47 heavy (non-hydrogen) atoms. The number of hydrogen-bond acceptors (Lipinski definition) is 5. The highest BCUT2D eigenvalue weighted by Gasteiger charge is 2.35. The number of methoxy groups -OCH3 is 1. The van der Waals surface area contributed by atoms with Gasteiger partial charge in [-0.3, -0.25) is 13.9 Å². The molecule has 246 valence electrons. The summed E-state index contributed by atoms with van der Waals surface area (Å²) in [6, 6.07) is 28.5. The van der Waals surface area contributed by atoms with E-state index in [0.29, 0.717) is 11.3 Å². The van der Waals surface area contributed by atoms with Gasteiger partial charge in [-0.25, -0.2) is 12.8 Å². The first kappa shape index (κ1) is 33.7. The van der Waals surface area contributed by atoms with E-state index in [1.807, 2.05) is 30.3 Å². The van der Waals surface area contributed by atoms with Crippen molar-refractivity contribution in [3.05, 3.63) is 126 Å². The SMILES string of the molecule is COc1cccc(N(CC(=O)N(Cc2ccc(F)cc2)[C@H](Cc2ccccc2)C(=O)NC2CCCCC2)S(=O)(=O)c2ccccc2)c1. The van der Waals surface area contributed by atoms with Gasteiger partial charge in [0.25, 0.3) is 10.0 Å². The molecule has 0 unspecified atom stereocenters. The summed E-state index contributed by atoms with van der Waals surface area (Å²) in [7, 11) is -2.76. The second-order valence-corrected chi connectivity index (χ2v) is 13.6. The van der Waals surface area contributed by atoms with Crippen LogP contribution >= 0.6 is 0 Å². The number of benzene rings is 4. The predicted octanol–water partition coefficient (Wildman–Crippen LogP) is 6.12. The molecule has 0 bridgehead atoms. The van der Waals surface area contributed by atoms with Crippen molar-refractivity contribution in [2.45, 2.75) is 62.0 Å². The molecule has 1 aliphatic rings. The van der Waals surface area contributed by atoms with Gasteiger partial charge in [0, 0.05) is 25.1 Å². The Balaban J connectivity index is 1.56. The standard InChI is InChI=1S/C37H40FN3O5S/c1-46-33-17-11-16-32(25-33)41(47(44,45)34-18-9-4-10-19-34)27-36(42)40(26-29-20-22-30(38)23-21-29)35(24-28-12-5-2-6-13-28)37(43)39-31-14-7-3-8-15-31/h2,4-6,9-13,16-23,25,31,35H,3,7-8,14-15,24,26-27H2,1H3,(H,39,43)/t35-/m1/s1. The minimum absolute atomic E-state index is 0.0102. The van der Waals surface area contributed by atoms with E-state index in [2.05, 4.69) is 5.32 Å². The molecule has 1 saturated carbocycles. The van der Waals surface area contributed by atoms with Crippen LogP contribution in [0.2, 0.25) is 0 Å². The lowest BCUT2D eigenvalue weighted by molar-refractivity contribution is -0.140. The maximum atomic E-state index is 14.6. The molecule has 0 spiro atoms. The number of halogens is 1. The summed E-state index contributed by atoms with van der Waals surface area (Å²) < 4.78 is 48.6. The molecule has 1 aliphatic carbocycles. The van der Waals surface area contributed by atoms with Gasteiger partial charge in [-0.05, 0) is 60.4 Å². The van der Waals surface area contributed by atoms with E-state index >= 15 is 0 Å². The summed E-state index contributed by atoms with van der Waals surface area (Å²) in [5.74, 6) is -0.910. The van der Waals surface area contributed by atoms with Crippen LogP contribution in [0.1, 0.15) is 43.2 Å². The van der Waals surface area contributed by atoms with E-state index in [0.717, 1.165) is 42.0 Å². The summed E-state index contributed by atoms with van der Waals surface area (Å²) in [5.41, 5.74) is 1.67. The predicted molar refractivity (Wildman–Crippen MR) is 180 cm³/mol. The van der Waals surface area contributed by atoms with Gasteiger partial charge >= 0.3 is 0 Å². The van der Waals surface area contributed by atoms with Crippen LogP contribution in [0.4, 0.5) is 10.1 Å². The van der Waals surface area contributed by atoms with Crippen LogP contribution in [0.3, 0.4) is 0 Å². The highest BCUT2D eigenvalue weighted by Crippen LogP contribution is 2.28. The molecular weight excluding hydrogens is 617 g/mol. The molecule has 0 radical (unpaired) electrons. The van der Waals surface area contributed by atoms with E-state index in [-0.39, 0.29) is 35.5 Å². The number of ether oxygens (including phenoxy) is 1. The number of sulfonamides is 1. The van der Waals surface area contributed by atoms with Crippen LogP contribution in [0.25, 0.3) is 0 Å². The molecule has 5 rings (SSSR count). The van der Waals surface area contributed by atoms with E-state index in [4.69, 9.17) is 4.74 Å². The van der Waals surface area contributed by atoms with Gasteiger partial charge in [-0.15, -0.1) is 0 Å². The summed E-state index contributed by atoms with van der Waals surface area (Å²) in [4.78, 5) is 30.2. The molecule has 4 aromatic carbocycles. The maximum absolute atomic E-state index is 14.6. The first-order valence-corrected chi connectivity index (χ1v) is 17.3. The smallest absolute Gasteiger partial charge is 0.264 e. The molecule has 1 N–H and O–H groups in total. The minimum atomic E-state index is -4.23. The van der Waals surface area contributed by atoms with Crippen molar-refractivity contribution in [1.29, 1.82) is 0 Å². The lowest BCUT2D eigenvalue weighted by Gasteiger charge is -2.35. The second kappa shape index (κ2) is 15.7. The van der Waals surface area contributed by atoms with Crippen LogP contribution in [0.15, 0.2) is 114 Å². The Labute approximate surface area is 276 Å². The van der Waals surface area contributed by atoms with Crippen molar-refractivity contribution in [2.75, 3.05) is 18.0 Å². The Morgan fingerprint density at radius 3 is 2.17 bits per heavy atom. The van der Waals surface area contributed by atoms with E-state index in [1.165, 1.54) is 36.3 Å². The molecule has 0 aliphatic heterocycles. The largest absolute Gasteiger partial charge is 0.497 e. The number of hydrogen-bond donors (Lipinski definition) is 1. The number of nitrogens with one attached hydrogen (secondary N) is 1. The number of anilines is 1. The average Bonchev–Trinajstić information content (AvgIpc) is 3.10. The summed E-state index contributed by atoms with van der Waals surface area (Å²) in [6.45, 7) is -0.625. The molecule has 0 aromatic heterocycles. The van der Waals surface area contributed by atoms with Crippen LogP contribution < -0.4 is 14.4 Å². The Morgan fingerprint density at radius 2 is 1.51 bits per heavy atom. The van der Waals surface area contributed by atoms with Gasteiger partial charge in [0.15, 0.2) is 0 Å². The lowest BCUT2D eigenvalue weighted by atomic mass is 9.94. The highest BCUT2D eigenvalue weighted by molar-refractivity contribution is 7.92. The van der Waals surface area contributed by atoms with Crippen molar-refractivity contribution in [2.24, 2.45) is 0 Å². The topological polar surface area (TPSA) is 96.0 Å². The molecular formula is C37H40FN3O5S. The molecule has 1 atom stereocenters. The normalized spacial score (nSPS) is 14.2. The molecule has 0 saturated heterocycles. The summed E-state index contributed by atoms with van der Waals surface area (Å²) >= 11 is 0. The fraction of sp³-hybridized carbons (Fsp3) is 0.297. The Kier molecular flexibility index (Phi) is 11.3. The van der Waals surface area contributed by atoms with Crippen LogP contribution in [0.5, 0.6) is 5.75 Å². The van der Waals surface area contributed by atoms with Crippen LogP contribution in [-0.2, 0) is 32.6 Å². The molecule has 8 nitrogen and oxygen atoms in total. The summed E-state index contributed by atoms with van der Waals surface area (Å²) in [6.07, 6.45) is 5.06. The van der Waals surface area contributed by atoms with Gasteiger partial charge in [0.1, 0.15) is 24.2 Å². The zero-order valence-electron chi connectivity index (χ0n) is 26.4. The number of amides is 2. The quantitative estimate of drug-likeness (QED) is 0.187. The monoisotopic (exact) mass is 657 g/mol. The zero-order chi connectivity index (χ0) is 33.2. The zero-order valence-corrected chi connectivity index (χ0v) is 27.2. The van der Waals surface area contributed by atoms with Crippen molar-refractivity contribution >= 4 is 27.5 Å². The minimum Gasteiger partial charge on any atom is -0.497 e. The number of nitrogens with zero attached hydrogens (tertiary/aromatic N) is 2. The number of carbonyl (C=O) groups excluding carboxylic acids is 2. The van der Waals surface area contributed by atoms with Crippen molar-refractivity contribution < 1.29 is 27.1 Å². The van der Waals surface area contributed by atoms with Gasteiger partial charge < -0.3 is 15.0 Å². The number of rotatable bonds is 13. The Bertz CT molecular complexity index is 1730. The average molecular weight is 658 g/mol. The fourth-order valence-electron chi connectivity index (χ4n) is 5.90. The molecule has 1 fully saturated rings. The molecule has 2 amide bonds. The van der Waals surface area contributed by atoms with Crippen molar-refractivity contribution in [3.63, 3.8) is 0 Å². The molecule has 10 heteroatoms. The van der Waals surface area contributed by atoms with E-state index in [1.54, 1.807) is 54.6 Å². The second-order valence-electron chi connectivity index (χ2n) is 11.7. The Hall–Kier alpha value is -4.70. The van der Waals surface area contributed by atoms with Crippen molar-refractivity contribution in [3.8, 4) is 5.75 Å². The summed E-state index contributed by atoms with van der Waals surface area (Å²) in [5, 5.41) is 3.18. The van der Waals surface area contributed by atoms with Gasteiger partial charge in [0.05, 0.1) is 17.7 Å². The number of carbonyl (C=O) groups is 2. The maximum Gasteiger partial charge on any atom is 0.264 e. The van der Waals surface area contributed by atoms with Gasteiger partial charge in [-0.2, -0.15) is 0 Å². The third kappa shape index (κ3) is 8.77. The fourth-order valence-corrected chi connectivity index (χ4v) is 7.33. The molecule has 4 aromatic rings. The lowest BCUT2D eigenvalue weighted by Crippen LogP contribution is -2.55. The van der Waals surface area contributed by atoms with Crippen molar-refractivity contribution in [1.82, 2.24) is 10.2 Å². The van der Waals surface area contributed by atoms with Gasteiger partial charge in [0.2, 0.25) is 11.8 Å². The first-order chi connectivity index (χ1) is 22.7. The molecule has 0 heterocycles. The Morgan fingerprint density at radius 1 is 0.851 bits per heavy atom. The van der Waals surface area contributed by atoms with Gasteiger partial charge in [-0.1, -0.05) is 86.0 Å². The van der Waals surface area contributed by atoms with Crippen LogP contribution in [-0.4, -0.2) is 50.9 Å². The third-order valence-electron chi connectivity index (χ3n) is 8.44. The van der Waals surface area contributed by atoms with E-state index in [9.17, 15) is 22.4 Å². The van der Waals surface area contributed by atoms with Crippen LogP contribution in [0, 0.1) is 5.82 Å². The first-order valence-electron chi connectivity index (χ1n) is 15.8.